The molecule has 0 aliphatic carbocycles. The number of aliphatic hydroxyl groups excluding tert-OH is 1. The molecule has 0 aromatic carbocycles. The maximum absolute atomic E-state index is 12.4. The molecule has 1 aliphatic heterocycles. The Bertz CT molecular complexity index is 515. The topological polar surface area (TPSA) is 43.8 Å². The molecule has 2 heterocycles. The summed E-state index contributed by atoms with van der Waals surface area (Å²) < 4.78 is 0. The zero-order valence-electron chi connectivity index (χ0n) is 11.2. The van der Waals surface area contributed by atoms with E-state index in [1.54, 1.807) is 0 Å². The van der Waals surface area contributed by atoms with Crippen LogP contribution in [0.2, 0.25) is 0 Å². The fourth-order valence-corrected chi connectivity index (χ4v) is 2.88. The van der Waals surface area contributed by atoms with Crippen molar-refractivity contribution in [3.63, 3.8) is 0 Å². The maximum atomic E-state index is 12.4. The van der Waals surface area contributed by atoms with Gasteiger partial charge < -0.3 is 14.9 Å². The van der Waals surface area contributed by atoms with E-state index < -0.39 is 0 Å². The third-order valence-electron chi connectivity index (χ3n) is 3.35. The molecule has 0 bridgehead atoms. The van der Waals surface area contributed by atoms with Crippen LogP contribution in [0.5, 0.6) is 0 Å². The van der Waals surface area contributed by atoms with E-state index >= 15 is 0 Å². The maximum Gasteiger partial charge on any atom is 0.264 e. The molecule has 5 heteroatoms. The van der Waals surface area contributed by atoms with E-state index in [0.29, 0.717) is 6.04 Å². The van der Waals surface area contributed by atoms with Crippen molar-refractivity contribution >= 4 is 17.2 Å². The summed E-state index contributed by atoms with van der Waals surface area (Å²) in [6.45, 7) is 4.43. The second-order valence-electron chi connectivity index (χ2n) is 4.70. The van der Waals surface area contributed by atoms with Gasteiger partial charge in [-0.1, -0.05) is 11.8 Å². The second-order valence-corrected chi connectivity index (χ2v) is 5.79. The minimum Gasteiger partial charge on any atom is -0.384 e. The molecule has 0 radical (unpaired) electrons. The highest BCUT2D eigenvalue weighted by Crippen LogP contribution is 2.19. The standard InChI is InChI=1S/C14H18N2O2S/c1-11-10-16(8-7-15(11)2)14(18)13-6-5-12(19-13)4-3-9-17/h5-6,11,17H,7-10H2,1-2H3. The highest BCUT2D eigenvalue weighted by molar-refractivity contribution is 7.14. The van der Waals surface area contributed by atoms with Crippen LogP contribution in [0.15, 0.2) is 12.1 Å². The molecular weight excluding hydrogens is 260 g/mol. The normalized spacial score (nSPS) is 19.9. The zero-order valence-corrected chi connectivity index (χ0v) is 12.0. The summed E-state index contributed by atoms with van der Waals surface area (Å²) in [6.07, 6.45) is 0. The number of nitrogens with zero attached hydrogens (tertiary/aromatic N) is 2. The van der Waals surface area contributed by atoms with Gasteiger partial charge in [-0.2, -0.15) is 0 Å². The van der Waals surface area contributed by atoms with Gasteiger partial charge in [0.05, 0.1) is 9.75 Å². The first-order valence-corrected chi connectivity index (χ1v) is 7.12. The second kappa shape index (κ2) is 6.20. The number of likely N-dealkylation sites (N-methyl/N-ethyl adjacent to an activating group) is 1. The molecule has 102 valence electrons. The van der Waals surface area contributed by atoms with Crippen LogP contribution >= 0.6 is 11.3 Å². The minimum absolute atomic E-state index is 0.0852. The van der Waals surface area contributed by atoms with Crippen LogP contribution in [0, 0.1) is 11.8 Å². The van der Waals surface area contributed by atoms with Crippen LogP contribution in [-0.4, -0.2) is 60.1 Å². The largest absolute Gasteiger partial charge is 0.384 e. The van der Waals surface area contributed by atoms with Crippen LogP contribution in [0.4, 0.5) is 0 Å². The predicted molar refractivity (Wildman–Crippen MR) is 76.3 cm³/mol. The third kappa shape index (κ3) is 3.35. The average Bonchev–Trinajstić information content (AvgIpc) is 2.87. The molecule has 0 spiro atoms. The monoisotopic (exact) mass is 278 g/mol. The third-order valence-corrected chi connectivity index (χ3v) is 4.34. The molecule has 1 N–H and O–H groups in total. The van der Waals surface area contributed by atoms with Crippen molar-refractivity contribution in [2.24, 2.45) is 0 Å². The zero-order chi connectivity index (χ0) is 13.8. The van der Waals surface area contributed by atoms with Gasteiger partial charge in [0.25, 0.3) is 5.91 Å². The molecule has 1 amide bonds. The van der Waals surface area contributed by atoms with Crippen molar-refractivity contribution in [2.75, 3.05) is 33.3 Å². The Kier molecular flexibility index (Phi) is 4.59. The van der Waals surface area contributed by atoms with Crippen LogP contribution in [0.25, 0.3) is 0 Å². The van der Waals surface area contributed by atoms with Gasteiger partial charge in [-0.05, 0) is 26.1 Å². The Labute approximate surface area is 117 Å². The van der Waals surface area contributed by atoms with Crippen LogP contribution < -0.4 is 0 Å². The van der Waals surface area contributed by atoms with Crippen molar-refractivity contribution in [1.29, 1.82) is 0 Å². The van der Waals surface area contributed by atoms with Crippen molar-refractivity contribution in [3.05, 3.63) is 21.9 Å². The van der Waals surface area contributed by atoms with Crippen molar-refractivity contribution in [3.8, 4) is 11.8 Å². The van der Waals surface area contributed by atoms with Crippen molar-refractivity contribution in [2.45, 2.75) is 13.0 Å². The van der Waals surface area contributed by atoms with E-state index in [1.165, 1.54) is 11.3 Å². The van der Waals surface area contributed by atoms with Crippen LogP contribution in [0.1, 0.15) is 21.5 Å². The van der Waals surface area contributed by atoms with Gasteiger partial charge >= 0.3 is 0 Å². The Morgan fingerprint density at radius 3 is 3.00 bits per heavy atom. The Hall–Kier alpha value is -1.35. The molecule has 1 atom stereocenters. The summed E-state index contributed by atoms with van der Waals surface area (Å²) in [5.74, 6) is 5.51. The van der Waals surface area contributed by atoms with E-state index in [9.17, 15) is 4.79 Å². The summed E-state index contributed by atoms with van der Waals surface area (Å²) in [7, 11) is 2.08. The van der Waals surface area contributed by atoms with Crippen molar-refractivity contribution in [1.82, 2.24) is 9.80 Å². The van der Waals surface area contributed by atoms with Gasteiger partial charge in [0.15, 0.2) is 0 Å². The number of rotatable bonds is 1. The predicted octanol–water partition coefficient (Wildman–Crippen LogP) is 0.868. The highest BCUT2D eigenvalue weighted by Gasteiger charge is 2.25. The number of hydrogen-bond donors (Lipinski definition) is 1. The summed E-state index contributed by atoms with van der Waals surface area (Å²) in [4.78, 5) is 18.1. The lowest BCUT2D eigenvalue weighted by Crippen LogP contribution is -2.51. The quantitative estimate of drug-likeness (QED) is 0.775. The van der Waals surface area contributed by atoms with Crippen molar-refractivity contribution < 1.29 is 9.90 Å². The SMILES string of the molecule is CC1CN(C(=O)c2ccc(C#CCO)s2)CCN1C. The molecular formula is C14H18N2O2S. The van der Waals surface area contributed by atoms with Gasteiger partial charge in [-0.15, -0.1) is 11.3 Å². The van der Waals surface area contributed by atoms with E-state index in [-0.39, 0.29) is 12.5 Å². The Morgan fingerprint density at radius 1 is 1.53 bits per heavy atom. The molecule has 1 fully saturated rings. The van der Waals surface area contributed by atoms with E-state index in [1.807, 2.05) is 17.0 Å². The first-order chi connectivity index (χ1) is 9.11. The van der Waals surface area contributed by atoms with Gasteiger partial charge in [-0.3, -0.25) is 4.79 Å². The molecule has 1 aromatic rings. The minimum atomic E-state index is -0.156. The first kappa shape index (κ1) is 14.1. The number of amides is 1. The number of carbonyl (C=O) groups is 1. The molecule has 0 saturated carbocycles. The van der Waals surface area contributed by atoms with E-state index in [2.05, 4.69) is 30.7 Å². The van der Waals surface area contributed by atoms with Gasteiger partial charge in [-0.25, -0.2) is 0 Å². The molecule has 1 aromatic heterocycles. The van der Waals surface area contributed by atoms with E-state index in [0.717, 1.165) is 29.4 Å². The fraction of sp³-hybridized carbons (Fsp3) is 0.500. The molecule has 1 unspecified atom stereocenters. The Morgan fingerprint density at radius 2 is 2.32 bits per heavy atom. The highest BCUT2D eigenvalue weighted by atomic mass is 32.1. The summed E-state index contributed by atoms with van der Waals surface area (Å²) in [5, 5.41) is 8.65. The van der Waals surface area contributed by atoms with Crippen LogP contribution in [0.3, 0.4) is 0 Å². The molecule has 4 nitrogen and oxygen atoms in total. The molecule has 1 aliphatic rings. The molecule has 2 rings (SSSR count). The molecule has 19 heavy (non-hydrogen) atoms. The van der Waals surface area contributed by atoms with Gasteiger partial charge in [0.1, 0.15) is 6.61 Å². The fourth-order valence-electron chi connectivity index (χ4n) is 2.04. The lowest BCUT2D eigenvalue weighted by molar-refractivity contribution is 0.0577. The lowest BCUT2D eigenvalue weighted by Gasteiger charge is -2.37. The number of piperazine rings is 1. The number of carbonyl (C=O) groups excluding carboxylic acids is 1. The van der Waals surface area contributed by atoms with E-state index in [4.69, 9.17) is 5.11 Å². The summed E-state index contributed by atoms with van der Waals surface area (Å²) in [5.41, 5.74) is 0. The average molecular weight is 278 g/mol. The number of hydrogen-bond acceptors (Lipinski definition) is 4. The first-order valence-electron chi connectivity index (χ1n) is 6.31. The smallest absolute Gasteiger partial charge is 0.264 e. The summed E-state index contributed by atoms with van der Waals surface area (Å²) >= 11 is 1.39. The lowest BCUT2D eigenvalue weighted by atomic mass is 10.2. The Balaban J connectivity index is 2.05. The molecule has 1 saturated heterocycles. The number of aliphatic hydroxyl groups is 1. The van der Waals surface area contributed by atoms with Gasteiger partial charge in [0.2, 0.25) is 0 Å². The van der Waals surface area contributed by atoms with Gasteiger partial charge in [0, 0.05) is 25.7 Å². The number of thiophene rings is 1. The van der Waals surface area contributed by atoms with Crippen LogP contribution in [-0.2, 0) is 0 Å². The summed E-state index contributed by atoms with van der Waals surface area (Å²) in [6, 6.07) is 4.04.